The van der Waals surface area contributed by atoms with Gasteiger partial charge in [0, 0.05) is 46.2 Å². The number of rotatable bonds is 14. The molecule has 1 aliphatic carbocycles. The lowest BCUT2D eigenvalue weighted by atomic mass is 9.40. The topological polar surface area (TPSA) is 142 Å². The van der Waals surface area contributed by atoms with E-state index in [1.54, 1.807) is 0 Å². The molecular weight excluding hydrogens is 749 g/mol. The van der Waals surface area contributed by atoms with Gasteiger partial charge in [-0.15, -0.1) is 0 Å². The molecule has 1 aliphatic rings. The number of aliphatic hydroxyl groups excluding tert-OH is 7. The first kappa shape index (κ1) is 57.7. The molecule has 360 valence electrons. The average Bonchev–Trinajstić information content (AvgIpc) is 3.24. The number of hydrogen-bond acceptors (Lipinski definition) is 7. The predicted octanol–water partition coefficient (Wildman–Crippen LogP) is 12.9. The van der Waals surface area contributed by atoms with Gasteiger partial charge in [0.1, 0.15) is 0 Å². The van der Waals surface area contributed by atoms with E-state index in [0.717, 1.165) is 44.9 Å². The van der Waals surface area contributed by atoms with Gasteiger partial charge in [-0.3, -0.25) is 0 Å². The summed E-state index contributed by atoms with van der Waals surface area (Å²) in [6.07, 6.45) is 47.8. The third-order valence-electron chi connectivity index (χ3n) is 15.8. The molecule has 7 N–H and O–H groups in total. The van der Waals surface area contributed by atoms with Crippen molar-refractivity contribution in [2.24, 2.45) is 22.2 Å². The van der Waals surface area contributed by atoms with Crippen LogP contribution in [0.2, 0.25) is 0 Å². The highest BCUT2D eigenvalue weighted by atomic mass is 16.3. The first-order chi connectivity index (χ1) is 29.5. The maximum atomic E-state index is 10.9. The molecule has 0 aromatic rings. The van der Waals surface area contributed by atoms with Gasteiger partial charge >= 0.3 is 0 Å². The fourth-order valence-electron chi connectivity index (χ4n) is 12.6. The van der Waals surface area contributed by atoms with E-state index in [0.29, 0.717) is 44.9 Å². The molecule has 0 radical (unpaired) electrons. The second-order valence-electron chi connectivity index (χ2n) is 19.8. The molecule has 7 nitrogen and oxygen atoms in total. The zero-order valence-electron chi connectivity index (χ0n) is 39.9. The van der Waals surface area contributed by atoms with Crippen LogP contribution in [0.5, 0.6) is 0 Å². The minimum atomic E-state index is -0.770. The summed E-state index contributed by atoms with van der Waals surface area (Å²) in [5.74, 6) is -0.0490. The van der Waals surface area contributed by atoms with Crippen LogP contribution in [0.1, 0.15) is 270 Å². The molecule has 0 heterocycles. The maximum absolute atomic E-state index is 10.9. The maximum Gasteiger partial charge on any atom is 0.0436 e. The molecular formula is C53H106O7. The van der Waals surface area contributed by atoms with Crippen LogP contribution in [0.4, 0.5) is 0 Å². The van der Waals surface area contributed by atoms with Crippen LogP contribution in [0, 0.1) is 22.2 Å². The summed E-state index contributed by atoms with van der Waals surface area (Å²) in [6, 6.07) is 0. The number of aliphatic hydroxyl groups is 7. The highest BCUT2D eigenvalue weighted by Crippen LogP contribution is 2.67. The van der Waals surface area contributed by atoms with E-state index >= 15 is 0 Å². The van der Waals surface area contributed by atoms with Gasteiger partial charge in [0.2, 0.25) is 0 Å². The van der Waals surface area contributed by atoms with Crippen LogP contribution < -0.4 is 0 Å². The summed E-state index contributed by atoms with van der Waals surface area (Å²) in [5.41, 5.74) is -2.09. The molecule has 0 aliphatic heterocycles. The highest BCUT2D eigenvalue weighted by Gasteiger charge is 2.62. The summed E-state index contributed by atoms with van der Waals surface area (Å²) < 4.78 is 0. The molecule has 0 amide bonds. The van der Waals surface area contributed by atoms with Crippen LogP contribution in [0.25, 0.3) is 0 Å². The molecule has 1 atom stereocenters. The van der Waals surface area contributed by atoms with Crippen molar-refractivity contribution < 1.29 is 35.7 Å². The lowest BCUT2D eigenvalue weighted by molar-refractivity contribution is -0.183. The Bertz CT molecular complexity index is 865. The fraction of sp³-hybridized carbons (Fsp3) is 1.00. The van der Waals surface area contributed by atoms with E-state index in [-0.39, 0.29) is 52.2 Å². The molecule has 60 heavy (non-hydrogen) atoms. The molecule has 1 unspecified atom stereocenters. The second-order valence-corrected chi connectivity index (χ2v) is 19.8. The van der Waals surface area contributed by atoms with Gasteiger partial charge in [0.05, 0.1) is 0 Å². The van der Waals surface area contributed by atoms with Gasteiger partial charge in [-0.05, 0) is 80.0 Å². The van der Waals surface area contributed by atoms with Gasteiger partial charge in [-0.25, -0.2) is 0 Å². The Morgan fingerprint density at radius 2 is 0.517 bits per heavy atom. The van der Waals surface area contributed by atoms with Crippen molar-refractivity contribution >= 4 is 0 Å². The van der Waals surface area contributed by atoms with Crippen molar-refractivity contribution in [1.29, 1.82) is 0 Å². The molecule has 0 aromatic carbocycles. The minimum Gasteiger partial charge on any atom is -0.396 e. The van der Waals surface area contributed by atoms with Gasteiger partial charge in [-0.1, -0.05) is 212 Å². The zero-order chi connectivity index (χ0) is 43.7. The first-order valence-corrected chi connectivity index (χ1v) is 26.8. The van der Waals surface area contributed by atoms with Crippen LogP contribution >= 0.6 is 0 Å². The molecule has 1 saturated carbocycles. The SMILES string of the molecule is OCCC1CCCCCCCCCCCCCCCCCCCCCCCCCCCCCCCCCCCC(CCO)(CCO)C(CCO)(CCO)C1(CCO)CCO. The zero-order valence-corrected chi connectivity index (χ0v) is 39.9. The summed E-state index contributed by atoms with van der Waals surface area (Å²) in [6.45, 7) is -0.602. The summed E-state index contributed by atoms with van der Waals surface area (Å²) >= 11 is 0. The largest absolute Gasteiger partial charge is 0.396 e. The molecule has 0 bridgehead atoms. The summed E-state index contributed by atoms with van der Waals surface area (Å²) in [7, 11) is 0. The monoisotopic (exact) mass is 855 g/mol. The molecule has 0 spiro atoms. The van der Waals surface area contributed by atoms with E-state index in [4.69, 9.17) is 0 Å². The summed E-state index contributed by atoms with van der Waals surface area (Å²) in [4.78, 5) is 0. The lowest BCUT2D eigenvalue weighted by Crippen LogP contribution is -2.59. The minimum absolute atomic E-state index is 0.00932. The molecule has 1 fully saturated rings. The highest BCUT2D eigenvalue weighted by molar-refractivity contribution is 5.10. The number of hydrogen-bond donors (Lipinski definition) is 7. The molecule has 7 heteroatoms. The van der Waals surface area contributed by atoms with Crippen molar-refractivity contribution in [3.05, 3.63) is 0 Å². The van der Waals surface area contributed by atoms with Gasteiger partial charge in [-0.2, -0.15) is 0 Å². The van der Waals surface area contributed by atoms with Crippen LogP contribution in [-0.2, 0) is 0 Å². The van der Waals surface area contributed by atoms with Crippen molar-refractivity contribution in [3.8, 4) is 0 Å². The van der Waals surface area contributed by atoms with Gasteiger partial charge in [0.15, 0.2) is 0 Å². The predicted molar refractivity (Wildman–Crippen MR) is 254 cm³/mol. The Morgan fingerprint density at radius 3 is 0.767 bits per heavy atom. The Balaban J connectivity index is 3.14. The molecule has 1 rings (SSSR count). The van der Waals surface area contributed by atoms with Crippen molar-refractivity contribution in [2.75, 3.05) is 46.2 Å². The lowest BCUT2D eigenvalue weighted by Gasteiger charge is -2.64. The second kappa shape index (κ2) is 40.2. The Labute approximate surface area is 372 Å². The van der Waals surface area contributed by atoms with Crippen LogP contribution in [0.15, 0.2) is 0 Å². The fourth-order valence-corrected chi connectivity index (χ4v) is 12.6. The standard InChI is InChI=1S/C53H106O7/c54-43-35-50-34-32-30-28-26-24-22-20-18-16-14-12-10-8-6-4-2-1-3-5-7-9-11-13-15-17-19-21-23-25-27-29-31-33-36-51(37-44-55,38-45-56)53(41-48-59,42-49-60)52(50,39-46-57)40-47-58/h50,54-60H,1-49H2. The Kier molecular flexibility index (Phi) is 38.7. The smallest absolute Gasteiger partial charge is 0.0436 e. The third-order valence-corrected chi connectivity index (χ3v) is 15.8. The summed E-state index contributed by atoms with van der Waals surface area (Å²) in [5, 5.41) is 75.5. The first-order valence-electron chi connectivity index (χ1n) is 26.8. The molecule has 0 saturated heterocycles. The van der Waals surface area contributed by atoms with Crippen molar-refractivity contribution in [1.82, 2.24) is 0 Å². The third kappa shape index (κ3) is 23.1. The van der Waals surface area contributed by atoms with Crippen molar-refractivity contribution in [3.63, 3.8) is 0 Å². The Morgan fingerprint density at radius 1 is 0.267 bits per heavy atom. The van der Waals surface area contributed by atoms with E-state index in [1.165, 1.54) is 180 Å². The molecule has 0 aromatic heterocycles. The Hall–Kier alpha value is -0.280. The average molecular weight is 855 g/mol. The van der Waals surface area contributed by atoms with Crippen LogP contribution in [0.3, 0.4) is 0 Å². The van der Waals surface area contributed by atoms with Crippen molar-refractivity contribution in [2.45, 2.75) is 270 Å². The van der Waals surface area contributed by atoms with E-state index < -0.39 is 16.2 Å². The van der Waals surface area contributed by atoms with E-state index in [2.05, 4.69) is 0 Å². The normalized spacial score (nSPS) is 23.8. The van der Waals surface area contributed by atoms with Gasteiger partial charge in [0.25, 0.3) is 0 Å². The van der Waals surface area contributed by atoms with E-state index in [9.17, 15) is 35.7 Å². The van der Waals surface area contributed by atoms with Gasteiger partial charge < -0.3 is 35.7 Å². The quantitative estimate of drug-likeness (QED) is 0.0922. The van der Waals surface area contributed by atoms with E-state index in [1.807, 2.05) is 0 Å². The van der Waals surface area contributed by atoms with Crippen LogP contribution in [-0.4, -0.2) is 82.0 Å².